The molecule has 2 aliphatic heterocycles. The van der Waals surface area contributed by atoms with Crippen molar-refractivity contribution in [3.05, 3.63) is 23.8 Å². The van der Waals surface area contributed by atoms with Gasteiger partial charge in [-0.15, -0.1) is 0 Å². The zero-order valence-electron chi connectivity index (χ0n) is 11.9. The largest absolute Gasteiger partial charge is 0.497 e. The fourth-order valence-corrected chi connectivity index (χ4v) is 2.77. The number of benzene rings is 1. The summed E-state index contributed by atoms with van der Waals surface area (Å²) in [6, 6.07) is 5.95. The Balaban J connectivity index is 1.80. The van der Waals surface area contributed by atoms with Crippen LogP contribution in [0.1, 0.15) is 26.3 Å². The highest BCUT2D eigenvalue weighted by molar-refractivity contribution is 5.44. The Labute approximate surface area is 113 Å². The smallest absolute Gasteiger partial charge is 0.163 e. The molecule has 0 bridgehead atoms. The molecule has 1 aromatic rings. The molecule has 0 aliphatic carbocycles. The minimum absolute atomic E-state index is 0.0172. The van der Waals surface area contributed by atoms with Gasteiger partial charge >= 0.3 is 0 Å². The molecule has 1 saturated heterocycles. The summed E-state index contributed by atoms with van der Waals surface area (Å²) in [6.45, 7) is 6.47. The van der Waals surface area contributed by atoms with E-state index in [-0.39, 0.29) is 6.10 Å². The molecular weight excluding hydrogens is 244 g/mol. The number of hydrogen-bond acceptors (Lipinski definition) is 4. The van der Waals surface area contributed by atoms with Gasteiger partial charge in [-0.2, -0.15) is 0 Å². The van der Waals surface area contributed by atoms with Crippen LogP contribution in [0.2, 0.25) is 0 Å². The number of fused-ring (bicyclic) bond motifs is 1. The Morgan fingerprint density at radius 2 is 2.05 bits per heavy atom. The van der Waals surface area contributed by atoms with Crippen molar-refractivity contribution in [3.63, 3.8) is 0 Å². The molecule has 2 aliphatic rings. The van der Waals surface area contributed by atoms with Crippen molar-refractivity contribution in [2.75, 3.05) is 13.7 Å². The third-order valence-electron chi connectivity index (χ3n) is 3.82. The molecule has 4 heteroatoms. The predicted molar refractivity (Wildman–Crippen MR) is 70.6 cm³/mol. The number of ether oxygens (including phenoxy) is 4. The molecule has 4 nitrogen and oxygen atoms in total. The van der Waals surface area contributed by atoms with Crippen LogP contribution in [-0.4, -0.2) is 31.2 Å². The average Bonchev–Trinajstić information content (AvgIpc) is 2.90. The highest BCUT2D eigenvalue weighted by Crippen LogP contribution is 2.41. The van der Waals surface area contributed by atoms with Crippen LogP contribution >= 0.6 is 0 Å². The summed E-state index contributed by atoms with van der Waals surface area (Å²) < 4.78 is 23.0. The molecule has 0 spiro atoms. The average molecular weight is 264 g/mol. The third kappa shape index (κ3) is 2.19. The van der Waals surface area contributed by atoms with Gasteiger partial charge in [0, 0.05) is 12.5 Å². The Bertz CT molecular complexity index is 497. The molecule has 0 aromatic heterocycles. The maximum Gasteiger partial charge on any atom is 0.163 e. The van der Waals surface area contributed by atoms with Gasteiger partial charge in [-0.1, -0.05) is 6.07 Å². The molecule has 0 saturated carbocycles. The highest BCUT2D eigenvalue weighted by atomic mass is 16.8. The van der Waals surface area contributed by atoms with Crippen molar-refractivity contribution >= 4 is 0 Å². The predicted octanol–water partition coefficient (Wildman–Crippen LogP) is 2.54. The lowest BCUT2D eigenvalue weighted by atomic mass is 9.96. The second kappa shape index (κ2) is 4.12. The van der Waals surface area contributed by atoms with Crippen LogP contribution in [0.25, 0.3) is 0 Å². The first-order chi connectivity index (χ1) is 8.92. The second-order valence-corrected chi connectivity index (χ2v) is 5.89. The summed E-state index contributed by atoms with van der Waals surface area (Å²) >= 11 is 0. The van der Waals surface area contributed by atoms with Gasteiger partial charge in [0.05, 0.1) is 13.7 Å². The van der Waals surface area contributed by atoms with Gasteiger partial charge < -0.3 is 18.9 Å². The monoisotopic (exact) mass is 264 g/mol. The topological polar surface area (TPSA) is 36.9 Å². The van der Waals surface area contributed by atoms with E-state index < -0.39 is 11.4 Å². The van der Waals surface area contributed by atoms with Crippen LogP contribution in [0.5, 0.6) is 11.5 Å². The molecule has 2 atom stereocenters. The van der Waals surface area contributed by atoms with E-state index in [4.69, 9.17) is 18.9 Å². The third-order valence-corrected chi connectivity index (χ3v) is 3.82. The minimum Gasteiger partial charge on any atom is -0.497 e. The van der Waals surface area contributed by atoms with Crippen molar-refractivity contribution in [2.24, 2.45) is 0 Å². The first-order valence-electron chi connectivity index (χ1n) is 6.60. The van der Waals surface area contributed by atoms with Gasteiger partial charge in [-0.25, -0.2) is 0 Å². The van der Waals surface area contributed by atoms with Gasteiger partial charge in [0.2, 0.25) is 0 Å². The van der Waals surface area contributed by atoms with E-state index in [0.29, 0.717) is 6.61 Å². The summed E-state index contributed by atoms with van der Waals surface area (Å²) in [5.41, 5.74) is 0.788. The highest BCUT2D eigenvalue weighted by Gasteiger charge is 2.50. The van der Waals surface area contributed by atoms with E-state index in [9.17, 15) is 0 Å². The summed E-state index contributed by atoms with van der Waals surface area (Å²) in [5, 5.41) is 0. The van der Waals surface area contributed by atoms with Gasteiger partial charge in [0.1, 0.15) is 23.2 Å². The van der Waals surface area contributed by atoms with Gasteiger partial charge in [-0.05, 0) is 32.4 Å². The normalized spacial score (nSPS) is 31.9. The molecule has 2 heterocycles. The lowest BCUT2D eigenvalue weighted by molar-refractivity contribution is -0.173. The zero-order valence-corrected chi connectivity index (χ0v) is 11.9. The number of rotatable bonds is 2. The Morgan fingerprint density at radius 1 is 1.26 bits per heavy atom. The van der Waals surface area contributed by atoms with Crippen LogP contribution in [0.15, 0.2) is 18.2 Å². The van der Waals surface area contributed by atoms with Crippen LogP contribution in [0.4, 0.5) is 0 Å². The summed E-state index contributed by atoms with van der Waals surface area (Å²) in [4.78, 5) is 0. The number of hydrogen-bond donors (Lipinski definition) is 0. The quantitative estimate of drug-likeness (QED) is 0.822. The Kier molecular flexibility index (Phi) is 2.76. The van der Waals surface area contributed by atoms with Gasteiger partial charge in [-0.3, -0.25) is 0 Å². The standard InChI is InChI=1S/C15H20O4/c1-14(2)17-9-15(3,19-14)13-7-10-5-6-11(16-4)8-12(10)18-13/h5-6,8,13H,7,9H2,1-4H3/t13-,15+/m0/s1. The lowest BCUT2D eigenvalue weighted by Gasteiger charge is -2.30. The van der Waals surface area contributed by atoms with Crippen molar-refractivity contribution in [2.45, 2.75) is 44.7 Å². The van der Waals surface area contributed by atoms with Crippen molar-refractivity contribution in [3.8, 4) is 11.5 Å². The maximum absolute atomic E-state index is 6.04. The van der Waals surface area contributed by atoms with E-state index in [1.807, 2.05) is 26.0 Å². The summed E-state index contributed by atoms with van der Waals surface area (Å²) in [5.74, 6) is 1.16. The van der Waals surface area contributed by atoms with E-state index in [0.717, 1.165) is 17.9 Å². The first kappa shape index (κ1) is 12.8. The van der Waals surface area contributed by atoms with Crippen LogP contribution in [-0.2, 0) is 15.9 Å². The Morgan fingerprint density at radius 3 is 2.68 bits per heavy atom. The molecule has 0 N–H and O–H groups in total. The molecule has 19 heavy (non-hydrogen) atoms. The van der Waals surface area contributed by atoms with E-state index in [2.05, 4.69) is 13.0 Å². The molecule has 104 valence electrons. The maximum atomic E-state index is 6.04. The zero-order chi connectivity index (χ0) is 13.7. The Hall–Kier alpha value is -1.26. The van der Waals surface area contributed by atoms with E-state index in [1.54, 1.807) is 7.11 Å². The van der Waals surface area contributed by atoms with E-state index in [1.165, 1.54) is 5.56 Å². The molecular formula is C15H20O4. The minimum atomic E-state index is -0.537. The van der Waals surface area contributed by atoms with Gasteiger partial charge in [0.25, 0.3) is 0 Å². The van der Waals surface area contributed by atoms with Crippen LogP contribution in [0, 0.1) is 0 Å². The fourth-order valence-electron chi connectivity index (χ4n) is 2.77. The molecule has 1 aromatic carbocycles. The molecule has 0 amide bonds. The van der Waals surface area contributed by atoms with Gasteiger partial charge in [0.15, 0.2) is 5.79 Å². The lowest BCUT2D eigenvalue weighted by Crippen LogP contribution is -2.45. The van der Waals surface area contributed by atoms with E-state index >= 15 is 0 Å². The van der Waals surface area contributed by atoms with Crippen LogP contribution in [0.3, 0.4) is 0 Å². The summed E-state index contributed by atoms with van der Waals surface area (Å²) in [6.07, 6.45) is 0.825. The molecule has 0 radical (unpaired) electrons. The fraction of sp³-hybridized carbons (Fsp3) is 0.600. The van der Waals surface area contributed by atoms with Crippen LogP contribution < -0.4 is 9.47 Å². The first-order valence-corrected chi connectivity index (χ1v) is 6.60. The van der Waals surface area contributed by atoms with Crippen molar-refractivity contribution in [1.29, 1.82) is 0 Å². The second-order valence-electron chi connectivity index (χ2n) is 5.89. The molecule has 3 rings (SSSR count). The SMILES string of the molecule is COc1ccc2c(c1)O[C@H]([C@@]1(C)COC(C)(C)O1)C2. The molecule has 1 fully saturated rings. The number of methoxy groups -OCH3 is 1. The van der Waals surface area contributed by atoms with Crippen molar-refractivity contribution in [1.82, 2.24) is 0 Å². The molecule has 0 unspecified atom stereocenters. The van der Waals surface area contributed by atoms with Crippen molar-refractivity contribution < 1.29 is 18.9 Å². The summed E-state index contributed by atoms with van der Waals surface area (Å²) in [7, 11) is 1.66.